The van der Waals surface area contributed by atoms with Crippen LogP contribution in [0.2, 0.25) is 0 Å². The molecule has 0 saturated carbocycles. The van der Waals surface area contributed by atoms with Crippen molar-refractivity contribution in [2.75, 3.05) is 18.4 Å². The number of carboxylic acid groups (broad SMARTS) is 1. The van der Waals surface area contributed by atoms with Gasteiger partial charge in [-0.1, -0.05) is 18.2 Å². The third kappa shape index (κ3) is 2.73. The zero-order chi connectivity index (χ0) is 14.0. The number of carboxylic acids is 1. The summed E-state index contributed by atoms with van der Waals surface area (Å²) in [6.07, 6.45) is 0.634. The highest BCUT2D eigenvalue weighted by atomic mass is 16.4. The van der Waals surface area contributed by atoms with Crippen molar-refractivity contribution >= 4 is 11.7 Å². The fourth-order valence-corrected chi connectivity index (χ4v) is 2.58. The van der Waals surface area contributed by atoms with E-state index in [2.05, 4.69) is 24.1 Å². The number of para-hydroxylation sites is 1. The zero-order valence-electron chi connectivity index (χ0n) is 11.8. The van der Waals surface area contributed by atoms with Crippen LogP contribution in [0.15, 0.2) is 24.3 Å². The first-order valence-electron chi connectivity index (χ1n) is 6.76. The maximum Gasteiger partial charge on any atom is 0.330 e. The molecule has 0 spiro atoms. The number of nitrogens with one attached hydrogen (secondary N) is 1. The highest BCUT2D eigenvalue weighted by Gasteiger charge is 2.45. The van der Waals surface area contributed by atoms with Crippen LogP contribution < -0.4 is 5.32 Å². The molecule has 0 amide bonds. The number of carbonyl (C=O) groups is 1. The summed E-state index contributed by atoms with van der Waals surface area (Å²) < 4.78 is 0. The monoisotopic (exact) mass is 262 g/mol. The molecule has 4 heteroatoms. The summed E-state index contributed by atoms with van der Waals surface area (Å²) in [5.41, 5.74) is 1.12. The van der Waals surface area contributed by atoms with Gasteiger partial charge in [0.2, 0.25) is 0 Å². The molecule has 1 aliphatic heterocycles. The average Bonchev–Trinajstić information content (AvgIpc) is 2.78. The van der Waals surface area contributed by atoms with Gasteiger partial charge in [0.1, 0.15) is 5.54 Å². The summed E-state index contributed by atoms with van der Waals surface area (Å²) in [6, 6.07) is 8.20. The van der Waals surface area contributed by atoms with E-state index < -0.39 is 11.5 Å². The minimum absolute atomic E-state index is 0.375. The largest absolute Gasteiger partial charge is 0.479 e. The van der Waals surface area contributed by atoms with E-state index in [1.54, 1.807) is 0 Å². The van der Waals surface area contributed by atoms with E-state index in [4.69, 9.17) is 0 Å². The molecule has 19 heavy (non-hydrogen) atoms. The summed E-state index contributed by atoms with van der Waals surface area (Å²) in [4.78, 5) is 13.9. The van der Waals surface area contributed by atoms with Crippen LogP contribution in [0.5, 0.6) is 0 Å². The van der Waals surface area contributed by atoms with Gasteiger partial charge in [0.15, 0.2) is 0 Å². The van der Waals surface area contributed by atoms with Crippen molar-refractivity contribution in [1.82, 2.24) is 4.90 Å². The molecule has 1 aliphatic rings. The lowest BCUT2D eigenvalue weighted by molar-refractivity contribution is -0.141. The summed E-state index contributed by atoms with van der Waals surface area (Å²) in [6.45, 7) is 7.57. The first kappa shape index (κ1) is 13.9. The zero-order valence-corrected chi connectivity index (χ0v) is 11.8. The maximum atomic E-state index is 11.7. The van der Waals surface area contributed by atoms with Gasteiger partial charge in [0, 0.05) is 24.8 Å². The van der Waals surface area contributed by atoms with Gasteiger partial charge in [-0.15, -0.1) is 0 Å². The Morgan fingerprint density at radius 2 is 2.11 bits per heavy atom. The van der Waals surface area contributed by atoms with E-state index in [0.29, 0.717) is 19.0 Å². The molecule has 1 fully saturated rings. The smallest absolute Gasteiger partial charge is 0.330 e. The van der Waals surface area contributed by atoms with Gasteiger partial charge in [-0.25, -0.2) is 4.79 Å². The van der Waals surface area contributed by atoms with Gasteiger partial charge >= 0.3 is 5.97 Å². The van der Waals surface area contributed by atoms with E-state index in [9.17, 15) is 9.90 Å². The standard InChI is InChI=1S/C15H22N2O2/c1-11(2)17-9-8-15(10-17,14(18)19)16-13-7-5-4-6-12(13)3/h4-7,11,16H,8-10H2,1-3H3,(H,18,19). The van der Waals surface area contributed by atoms with Crippen molar-refractivity contribution in [3.05, 3.63) is 29.8 Å². The van der Waals surface area contributed by atoms with Crippen LogP contribution in [0.3, 0.4) is 0 Å². The second-order valence-corrected chi connectivity index (χ2v) is 5.64. The SMILES string of the molecule is Cc1ccccc1NC1(C(=O)O)CCN(C(C)C)C1. The number of hydrogen-bond acceptors (Lipinski definition) is 3. The van der Waals surface area contributed by atoms with Gasteiger partial charge < -0.3 is 10.4 Å². The Labute approximate surface area is 114 Å². The lowest BCUT2D eigenvalue weighted by Crippen LogP contribution is -2.49. The van der Waals surface area contributed by atoms with E-state index in [-0.39, 0.29) is 0 Å². The van der Waals surface area contributed by atoms with E-state index >= 15 is 0 Å². The normalized spacial score (nSPS) is 23.8. The molecule has 0 aromatic heterocycles. The first-order valence-corrected chi connectivity index (χ1v) is 6.76. The van der Waals surface area contributed by atoms with E-state index in [0.717, 1.165) is 17.8 Å². The highest BCUT2D eigenvalue weighted by Crippen LogP contribution is 2.29. The molecule has 0 aliphatic carbocycles. The first-order chi connectivity index (χ1) is 8.94. The van der Waals surface area contributed by atoms with Gasteiger partial charge in [-0.3, -0.25) is 4.90 Å². The molecular weight excluding hydrogens is 240 g/mol. The lowest BCUT2D eigenvalue weighted by Gasteiger charge is -2.29. The summed E-state index contributed by atoms with van der Waals surface area (Å²) in [7, 11) is 0. The fourth-order valence-electron chi connectivity index (χ4n) is 2.58. The third-order valence-corrected chi connectivity index (χ3v) is 3.96. The van der Waals surface area contributed by atoms with Crippen LogP contribution in [0.4, 0.5) is 5.69 Å². The molecule has 1 saturated heterocycles. The average molecular weight is 262 g/mol. The molecule has 4 nitrogen and oxygen atoms in total. The summed E-state index contributed by atoms with van der Waals surface area (Å²) >= 11 is 0. The predicted molar refractivity (Wildman–Crippen MR) is 76.5 cm³/mol. The van der Waals surface area contributed by atoms with Gasteiger partial charge in [0.25, 0.3) is 0 Å². The van der Waals surface area contributed by atoms with Crippen molar-refractivity contribution in [2.24, 2.45) is 0 Å². The van der Waals surface area contributed by atoms with Crippen LogP contribution in [-0.2, 0) is 4.79 Å². The molecule has 2 N–H and O–H groups in total. The Bertz CT molecular complexity index is 473. The van der Waals surface area contributed by atoms with Crippen molar-refractivity contribution in [1.29, 1.82) is 0 Å². The summed E-state index contributed by atoms with van der Waals surface area (Å²) in [5, 5.41) is 12.9. The third-order valence-electron chi connectivity index (χ3n) is 3.96. The van der Waals surface area contributed by atoms with Gasteiger partial charge in [0.05, 0.1) is 0 Å². The second-order valence-electron chi connectivity index (χ2n) is 5.64. The van der Waals surface area contributed by atoms with E-state index in [1.165, 1.54) is 0 Å². The molecule has 1 heterocycles. The Kier molecular flexibility index (Phi) is 3.80. The van der Waals surface area contributed by atoms with Crippen LogP contribution in [0, 0.1) is 6.92 Å². The van der Waals surface area contributed by atoms with Crippen LogP contribution in [-0.4, -0.2) is 40.6 Å². The number of hydrogen-bond donors (Lipinski definition) is 2. The van der Waals surface area contributed by atoms with Crippen molar-refractivity contribution in [3.63, 3.8) is 0 Å². The van der Waals surface area contributed by atoms with Crippen LogP contribution >= 0.6 is 0 Å². The fraction of sp³-hybridized carbons (Fsp3) is 0.533. The number of rotatable bonds is 4. The minimum atomic E-state index is -0.865. The van der Waals surface area contributed by atoms with Crippen molar-refractivity contribution in [2.45, 2.75) is 38.8 Å². The number of aliphatic carboxylic acids is 1. The molecule has 1 unspecified atom stereocenters. The number of nitrogens with zero attached hydrogens (tertiary/aromatic N) is 1. The van der Waals surface area contributed by atoms with Crippen molar-refractivity contribution in [3.8, 4) is 0 Å². The second kappa shape index (κ2) is 5.21. The highest BCUT2D eigenvalue weighted by molar-refractivity contribution is 5.84. The van der Waals surface area contributed by atoms with Gasteiger partial charge in [-0.05, 0) is 38.8 Å². The number of anilines is 1. The molecule has 1 aromatic carbocycles. The molecule has 0 bridgehead atoms. The van der Waals surface area contributed by atoms with Crippen molar-refractivity contribution < 1.29 is 9.90 Å². The van der Waals surface area contributed by atoms with E-state index in [1.807, 2.05) is 31.2 Å². The molecule has 1 aromatic rings. The maximum absolute atomic E-state index is 11.7. The molecule has 1 atom stereocenters. The number of aryl methyl sites for hydroxylation is 1. The Hall–Kier alpha value is -1.55. The predicted octanol–water partition coefficient (Wildman–Crippen LogP) is 2.34. The molecule has 0 radical (unpaired) electrons. The quantitative estimate of drug-likeness (QED) is 0.874. The van der Waals surface area contributed by atoms with Gasteiger partial charge in [-0.2, -0.15) is 0 Å². The topological polar surface area (TPSA) is 52.6 Å². The lowest BCUT2D eigenvalue weighted by atomic mass is 9.97. The van der Waals surface area contributed by atoms with Crippen LogP contribution in [0.25, 0.3) is 0 Å². The Morgan fingerprint density at radius 3 is 2.63 bits per heavy atom. The molecule has 104 valence electrons. The van der Waals surface area contributed by atoms with Crippen LogP contribution in [0.1, 0.15) is 25.8 Å². The summed E-state index contributed by atoms with van der Waals surface area (Å²) in [5.74, 6) is -0.765. The Balaban J connectivity index is 2.23. The molecular formula is C15H22N2O2. The number of benzene rings is 1. The molecule has 2 rings (SSSR count). The minimum Gasteiger partial charge on any atom is -0.479 e. The Morgan fingerprint density at radius 1 is 1.42 bits per heavy atom. The number of likely N-dealkylation sites (tertiary alicyclic amines) is 1.